The van der Waals surface area contributed by atoms with Gasteiger partial charge >= 0.3 is 0 Å². The third kappa shape index (κ3) is 3.24. The molecule has 1 aromatic rings. The predicted octanol–water partition coefficient (Wildman–Crippen LogP) is 2.60. The Labute approximate surface area is 93.3 Å². The molecule has 0 aromatic heterocycles. The summed E-state index contributed by atoms with van der Waals surface area (Å²) < 4.78 is 0. The summed E-state index contributed by atoms with van der Waals surface area (Å²) in [6.07, 6.45) is 0. The van der Waals surface area contributed by atoms with Crippen LogP contribution < -0.4 is 10.2 Å². The highest BCUT2D eigenvalue weighted by Gasteiger charge is 2.13. The third-order valence-corrected chi connectivity index (χ3v) is 2.57. The van der Waals surface area contributed by atoms with Crippen LogP contribution in [0, 0.1) is 0 Å². The van der Waals surface area contributed by atoms with Crippen molar-refractivity contribution in [1.82, 2.24) is 5.32 Å². The summed E-state index contributed by atoms with van der Waals surface area (Å²) in [7, 11) is 4.04. The van der Waals surface area contributed by atoms with E-state index in [1.165, 1.54) is 11.3 Å². The van der Waals surface area contributed by atoms with Gasteiger partial charge in [0.15, 0.2) is 0 Å². The van der Waals surface area contributed by atoms with Crippen molar-refractivity contribution in [2.45, 2.75) is 26.2 Å². The molecule has 0 amide bonds. The van der Waals surface area contributed by atoms with E-state index in [1.807, 2.05) is 7.05 Å². The number of nitrogens with zero attached hydrogens (tertiary/aromatic N) is 1. The Hall–Kier alpha value is -1.02. The summed E-state index contributed by atoms with van der Waals surface area (Å²) in [5.74, 6) is 0. The predicted molar refractivity (Wildman–Crippen MR) is 67.5 cm³/mol. The molecule has 0 unspecified atom stereocenters. The monoisotopic (exact) mass is 206 g/mol. The molecule has 0 saturated carbocycles. The van der Waals surface area contributed by atoms with Gasteiger partial charge in [0.1, 0.15) is 0 Å². The van der Waals surface area contributed by atoms with Crippen molar-refractivity contribution < 1.29 is 0 Å². The van der Waals surface area contributed by atoms with Gasteiger partial charge < -0.3 is 10.2 Å². The van der Waals surface area contributed by atoms with Crippen molar-refractivity contribution in [2.24, 2.45) is 0 Å². The van der Waals surface area contributed by atoms with E-state index in [2.05, 4.69) is 62.3 Å². The van der Waals surface area contributed by atoms with Crippen LogP contribution in [-0.2, 0) is 5.41 Å². The molecular weight excluding hydrogens is 184 g/mol. The van der Waals surface area contributed by atoms with Gasteiger partial charge in [-0.05, 0) is 30.2 Å². The minimum Gasteiger partial charge on any atom is -0.362 e. The number of benzene rings is 1. The third-order valence-electron chi connectivity index (χ3n) is 2.57. The summed E-state index contributed by atoms with van der Waals surface area (Å²) in [6.45, 7) is 7.58. The molecule has 2 nitrogen and oxygen atoms in total. The lowest BCUT2D eigenvalue weighted by atomic mass is 9.87. The number of rotatable bonds is 3. The average Bonchev–Trinajstić information content (AvgIpc) is 2.17. The highest BCUT2D eigenvalue weighted by molar-refractivity contribution is 5.47. The zero-order valence-corrected chi connectivity index (χ0v) is 10.5. The lowest BCUT2D eigenvalue weighted by molar-refractivity contribution is 0.590. The highest BCUT2D eigenvalue weighted by Crippen LogP contribution is 2.24. The van der Waals surface area contributed by atoms with Gasteiger partial charge in [-0.15, -0.1) is 0 Å². The van der Waals surface area contributed by atoms with Crippen LogP contribution in [0.15, 0.2) is 24.3 Å². The van der Waals surface area contributed by atoms with Crippen molar-refractivity contribution >= 4 is 5.69 Å². The Morgan fingerprint density at radius 3 is 2.07 bits per heavy atom. The van der Waals surface area contributed by atoms with E-state index in [-0.39, 0.29) is 5.41 Å². The van der Waals surface area contributed by atoms with E-state index in [4.69, 9.17) is 0 Å². The molecular formula is C13H22N2. The molecule has 0 atom stereocenters. The minimum atomic E-state index is 0.236. The van der Waals surface area contributed by atoms with Crippen molar-refractivity contribution in [3.8, 4) is 0 Å². The molecule has 0 bridgehead atoms. The van der Waals surface area contributed by atoms with Crippen molar-refractivity contribution in [1.29, 1.82) is 0 Å². The molecule has 0 spiro atoms. The van der Waals surface area contributed by atoms with E-state index in [9.17, 15) is 0 Å². The Morgan fingerprint density at radius 2 is 1.67 bits per heavy atom. The lowest BCUT2D eigenvalue weighted by Crippen LogP contribution is -2.28. The van der Waals surface area contributed by atoms with Gasteiger partial charge in [-0.2, -0.15) is 0 Å². The number of hydrogen-bond acceptors (Lipinski definition) is 2. The van der Waals surface area contributed by atoms with E-state index in [1.54, 1.807) is 0 Å². The fourth-order valence-corrected chi connectivity index (χ4v) is 1.54. The molecule has 0 aliphatic carbocycles. The molecule has 2 heteroatoms. The summed E-state index contributed by atoms with van der Waals surface area (Å²) in [4.78, 5) is 2.19. The van der Waals surface area contributed by atoms with Gasteiger partial charge in [0.05, 0.1) is 6.67 Å². The molecule has 0 heterocycles. The SMILES string of the molecule is CNCN(C)c1ccc(C(C)(C)C)cc1. The summed E-state index contributed by atoms with van der Waals surface area (Å²) in [5, 5.41) is 3.14. The Balaban J connectivity index is 2.81. The van der Waals surface area contributed by atoms with E-state index >= 15 is 0 Å². The summed E-state index contributed by atoms with van der Waals surface area (Å²) in [5.41, 5.74) is 2.86. The van der Waals surface area contributed by atoms with Crippen LogP contribution in [0.4, 0.5) is 5.69 Å². The Kier molecular flexibility index (Phi) is 3.75. The smallest absolute Gasteiger partial charge is 0.0676 e. The van der Waals surface area contributed by atoms with Crippen LogP contribution in [0.3, 0.4) is 0 Å². The fraction of sp³-hybridized carbons (Fsp3) is 0.538. The minimum absolute atomic E-state index is 0.236. The second kappa shape index (κ2) is 4.67. The van der Waals surface area contributed by atoms with Gasteiger partial charge in [0.25, 0.3) is 0 Å². The molecule has 84 valence electrons. The van der Waals surface area contributed by atoms with Crippen LogP contribution in [0.5, 0.6) is 0 Å². The normalized spacial score (nSPS) is 11.5. The van der Waals surface area contributed by atoms with Crippen molar-refractivity contribution in [3.05, 3.63) is 29.8 Å². The van der Waals surface area contributed by atoms with Crippen LogP contribution in [0.2, 0.25) is 0 Å². The largest absolute Gasteiger partial charge is 0.362 e. The van der Waals surface area contributed by atoms with Crippen LogP contribution >= 0.6 is 0 Å². The number of hydrogen-bond donors (Lipinski definition) is 1. The van der Waals surface area contributed by atoms with Gasteiger partial charge in [0.2, 0.25) is 0 Å². The molecule has 1 aromatic carbocycles. The van der Waals surface area contributed by atoms with Crippen molar-refractivity contribution in [3.63, 3.8) is 0 Å². The lowest BCUT2D eigenvalue weighted by Gasteiger charge is -2.22. The number of anilines is 1. The maximum absolute atomic E-state index is 3.14. The maximum Gasteiger partial charge on any atom is 0.0676 e. The topological polar surface area (TPSA) is 15.3 Å². The second-order valence-electron chi connectivity index (χ2n) is 5.01. The first-order valence-electron chi connectivity index (χ1n) is 5.41. The van der Waals surface area contributed by atoms with Crippen LogP contribution in [-0.4, -0.2) is 20.8 Å². The first kappa shape index (κ1) is 12.1. The van der Waals surface area contributed by atoms with Gasteiger partial charge in [-0.25, -0.2) is 0 Å². The molecule has 0 radical (unpaired) electrons. The molecule has 0 saturated heterocycles. The van der Waals surface area contributed by atoms with Crippen LogP contribution in [0.1, 0.15) is 26.3 Å². The Bertz CT molecular complexity index is 295. The molecule has 0 fully saturated rings. The zero-order valence-electron chi connectivity index (χ0n) is 10.5. The zero-order chi connectivity index (χ0) is 11.5. The van der Waals surface area contributed by atoms with Crippen molar-refractivity contribution in [2.75, 3.05) is 25.7 Å². The standard InChI is InChI=1S/C13H22N2/c1-13(2,3)11-6-8-12(9-7-11)15(5)10-14-4/h6-9,14H,10H2,1-5H3. The van der Waals surface area contributed by atoms with Gasteiger partial charge in [-0.1, -0.05) is 32.9 Å². The van der Waals surface area contributed by atoms with Crippen LogP contribution in [0.25, 0.3) is 0 Å². The number of nitrogens with one attached hydrogen (secondary N) is 1. The van der Waals surface area contributed by atoms with E-state index in [0.29, 0.717) is 0 Å². The second-order valence-corrected chi connectivity index (χ2v) is 5.01. The van der Waals surface area contributed by atoms with Gasteiger partial charge in [0, 0.05) is 12.7 Å². The molecule has 0 aliphatic rings. The first-order valence-corrected chi connectivity index (χ1v) is 5.41. The van der Waals surface area contributed by atoms with E-state index in [0.717, 1.165) is 6.67 Å². The summed E-state index contributed by atoms with van der Waals surface area (Å²) >= 11 is 0. The molecule has 1 N–H and O–H groups in total. The van der Waals surface area contributed by atoms with Gasteiger partial charge in [-0.3, -0.25) is 0 Å². The fourth-order valence-electron chi connectivity index (χ4n) is 1.54. The highest BCUT2D eigenvalue weighted by atomic mass is 15.2. The van der Waals surface area contributed by atoms with E-state index < -0.39 is 0 Å². The molecule has 1 rings (SSSR count). The molecule has 15 heavy (non-hydrogen) atoms. The summed E-state index contributed by atoms with van der Waals surface area (Å²) in [6, 6.07) is 8.78. The first-order chi connectivity index (χ1) is 6.95. The molecule has 0 aliphatic heterocycles. The average molecular weight is 206 g/mol. The maximum atomic E-state index is 3.14. The Morgan fingerprint density at radius 1 is 1.13 bits per heavy atom. The quantitative estimate of drug-likeness (QED) is 0.765.